The van der Waals surface area contributed by atoms with Gasteiger partial charge >= 0.3 is 0 Å². The van der Waals surface area contributed by atoms with Gasteiger partial charge in [-0.2, -0.15) is 0 Å². The lowest BCUT2D eigenvalue weighted by atomic mass is 9.96. The molecule has 2 aromatic rings. The van der Waals surface area contributed by atoms with E-state index in [1.807, 2.05) is 49.4 Å². The molecule has 0 bridgehead atoms. The molecule has 0 spiro atoms. The summed E-state index contributed by atoms with van der Waals surface area (Å²) in [5.41, 5.74) is 1.01. The molecule has 0 unspecified atom stereocenters. The van der Waals surface area contributed by atoms with Crippen molar-refractivity contribution in [2.45, 2.75) is 32.4 Å². The first-order chi connectivity index (χ1) is 11.7. The number of benzene rings is 1. The van der Waals surface area contributed by atoms with Gasteiger partial charge in [0.05, 0.1) is 12.6 Å². The highest BCUT2D eigenvalue weighted by Crippen LogP contribution is 2.20. The summed E-state index contributed by atoms with van der Waals surface area (Å²) in [6, 6.07) is 14.0. The highest BCUT2D eigenvalue weighted by Gasteiger charge is 2.21. The van der Waals surface area contributed by atoms with E-state index >= 15 is 0 Å². The number of aliphatic hydroxyl groups excluding tert-OH is 1. The number of furan rings is 1. The Hall–Kier alpha value is -1.62. The molecule has 0 aliphatic carbocycles. The number of hydrogen-bond donors (Lipinski definition) is 2. The van der Waals surface area contributed by atoms with E-state index in [9.17, 15) is 5.11 Å². The maximum Gasteiger partial charge on any atom is 0.117 e. The Balaban J connectivity index is 1.35. The van der Waals surface area contributed by atoms with Crippen molar-refractivity contribution >= 4 is 0 Å². The molecule has 3 rings (SSSR count). The first-order valence-electron chi connectivity index (χ1n) is 8.92. The van der Waals surface area contributed by atoms with Crippen LogP contribution >= 0.6 is 0 Å². The lowest BCUT2D eigenvalue weighted by Crippen LogP contribution is -2.39. The minimum Gasteiger partial charge on any atom is -0.465 e. The Morgan fingerprint density at radius 2 is 1.92 bits per heavy atom. The predicted molar refractivity (Wildman–Crippen MR) is 95.7 cm³/mol. The molecular weight excluding hydrogens is 300 g/mol. The minimum absolute atomic E-state index is 0.386. The maximum atomic E-state index is 10.3. The van der Waals surface area contributed by atoms with Gasteiger partial charge in [0.25, 0.3) is 0 Å². The van der Waals surface area contributed by atoms with Crippen LogP contribution in [0.3, 0.4) is 0 Å². The number of aryl methyl sites for hydroxylation is 1. The molecule has 0 amide bonds. The van der Waals surface area contributed by atoms with Crippen LogP contribution in [-0.4, -0.2) is 36.2 Å². The number of nitrogens with one attached hydrogen (secondary N) is 1. The van der Waals surface area contributed by atoms with Crippen LogP contribution in [0.4, 0.5) is 0 Å². The zero-order valence-electron chi connectivity index (χ0n) is 14.4. The van der Waals surface area contributed by atoms with Gasteiger partial charge in [-0.1, -0.05) is 30.3 Å². The van der Waals surface area contributed by atoms with E-state index in [0.29, 0.717) is 5.92 Å². The number of likely N-dealkylation sites (tertiary alicyclic amines) is 1. The average molecular weight is 328 g/mol. The molecule has 1 aliphatic rings. The molecule has 1 atom stereocenters. The van der Waals surface area contributed by atoms with Crippen molar-refractivity contribution in [2.75, 3.05) is 26.2 Å². The van der Waals surface area contributed by atoms with E-state index in [-0.39, 0.29) is 6.10 Å². The number of aliphatic hydroxyl groups is 1. The van der Waals surface area contributed by atoms with Gasteiger partial charge in [0.15, 0.2) is 0 Å². The Labute approximate surface area is 144 Å². The second-order valence-corrected chi connectivity index (χ2v) is 6.81. The normalized spacial score (nSPS) is 17.9. The quantitative estimate of drug-likeness (QED) is 0.820. The van der Waals surface area contributed by atoms with Gasteiger partial charge in [-0.15, -0.1) is 0 Å². The van der Waals surface area contributed by atoms with E-state index in [2.05, 4.69) is 10.2 Å². The van der Waals surface area contributed by atoms with Gasteiger partial charge in [-0.3, -0.25) is 0 Å². The van der Waals surface area contributed by atoms with Crippen LogP contribution in [0.5, 0.6) is 0 Å². The van der Waals surface area contributed by atoms with Crippen LogP contribution in [0, 0.1) is 12.8 Å². The van der Waals surface area contributed by atoms with Gasteiger partial charge in [-0.05, 0) is 63.0 Å². The van der Waals surface area contributed by atoms with Crippen molar-refractivity contribution < 1.29 is 9.52 Å². The molecule has 0 saturated carbocycles. The number of rotatable bonds is 7. The summed E-state index contributed by atoms with van der Waals surface area (Å²) >= 11 is 0. The zero-order chi connectivity index (χ0) is 16.8. The van der Waals surface area contributed by atoms with E-state index in [1.54, 1.807) is 0 Å². The molecule has 130 valence electrons. The molecule has 1 aliphatic heterocycles. The maximum absolute atomic E-state index is 10.3. The molecule has 1 aromatic carbocycles. The molecule has 4 heteroatoms. The Kier molecular flexibility index (Phi) is 6.07. The Bertz CT molecular complexity index is 603. The van der Waals surface area contributed by atoms with Crippen LogP contribution in [0.25, 0.3) is 0 Å². The summed E-state index contributed by atoms with van der Waals surface area (Å²) < 4.78 is 5.58. The van der Waals surface area contributed by atoms with Gasteiger partial charge in [0, 0.05) is 6.54 Å². The van der Waals surface area contributed by atoms with Gasteiger partial charge in [-0.25, -0.2) is 0 Å². The average Bonchev–Trinajstić information content (AvgIpc) is 3.02. The molecule has 1 fully saturated rings. The lowest BCUT2D eigenvalue weighted by Gasteiger charge is -2.33. The fourth-order valence-corrected chi connectivity index (χ4v) is 3.38. The summed E-state index contributed by atoms with van der Waals surface area (Å²) in [7, 11) is 0. The topological polar surface area (TPSA) is 48.6 Å². The van der Waals surface area contributed by atoms with Crippen molar-refractivity contribution in [2.24, 2.45) is 5.92 Å². The first-order valence-corrected chi connectivity index (χ1v) is 8.92. The summed E-state index contributed by atoms with van der Waals surface area (Å²) in [5.74, 6) is 2.69. The van der Waals surface area contributed by atoms with Crippen LogP contribution in [-0.2, 0) is 6.54 Å². The SMILES string of the molecule is Cc1ccc(CNCC2CCN(C[C@H](O)c3ccccc3)CC2)o1. The predicted octanol–water partition coefficient (Wildman–Crippen LogP) is 3.12. The number of hydrogen-bond acceptors (Lipinski definition) is 4. The van der Waals surface area contributed by atoms with Gasteiger partial charge < -0.3 is 19.7 Å². The fourth-order valence-electron chi connectivity index (χ4n) is 3.38. The third-order valence-electron chi connectivity index (χ3n) is 4.85. The minimum atomic E-state index is -0.386. The van der Waals surface area contributed by atoms with Crippen molar-refractivity contribution in [1.82, 2.24) is 10.2 Å². The Morgan fingerprint density at radius 1 is 1.17 bits per heavy atom. The molecule has 4 nitrogen and oxygen atoms in total. The van der Waals surface area contributed by atoms with E-state index < -0.39 is 0 Å². The van der Waals surface area contributed by atoms with Crippen molar-refractivity contribution in [3.8, 4) is 0 Å². The molecular formula is C20H28N2O2. The standard InChI is InChI=1S/C20H28N2O2/c1-16-7-8-19(24-16)14-21-13-17-9-11-22(12-10-17)15-20(23)18-5-3-2-4-6-18/h2-8,17,20-21,23H,9-15H2,1H3/t20-/m0/s1. The summed E-state index contributed by atoms with van der Waals surface area (Å²) in [5, 5.41) is 13.8. The first kappa shape index (κ1) is 17.2. The summed E-state index contributed by atoms with van der Waals surface area (Å²) in [4.78, 5) is 2.38. The largest absolute Gasteiger partial charge is 0.465 e. The van der Waals surface area contributed by atoms with Crippen molar-refractivity contribution in [1.29, 1.82) is 0 Å². The summed E-state index contributed by atoms with van der Waals surface area (Å²) in [6.45, 7) is 6.68. The molecule has 2 heterocycles. The second kappa shape index (κ2) is 8.47. The fraction of sp³-hybridized carbons (Fsp3) is 0.500. The monoisotopic (exact) mass is 328 g/mol. The van der Waals surface area contributed by atoms with E-state index in [0.717, 1.165) is 49.8 Å². The lowest BCUT2D eigenvalue weighted by molar-refractivity contribution is 0.0890. The van der Waals surface area contributed by atoms with Crippen LogP contribution in [0.15, 0.2) is 46.9 Å². The highest BCUT2D eigenvalue weighted by atomic mass is 16.3. The van der Waals surface area contributed by atoms with Crippen LogP contribution in [0.2, 0.25) is 0 Å². The number of nitrogens with zero attached hydrogens (tertiary/aromatic N) is 1. The van der Waals surface area contributed by atoms with Crippen molar-refractivity contribution in [3.63, 3.8) is 0 Å². The molecule has 1 aromatic heterocycles. The Morgan fingerprint density at radius 3 is 2.58 bits per heavy atom. The van der Waals surface area contributed by atoms with E-state index in [4.69, 9.17) is 4.42 Å². The van der Waals surface area contributed by atoms with Gasteiger partial charge in [0.1, 0.15) is 11.5 Å². The highest BCUT2D eigenvalue weighted by molar-refractivity contribution is 5.17. The zero-order valence-corrected chi connectivity index (χ0v) is 14.4. The third kappa shape index (κ3) is 4.94. The van der Waals surface area contributed by atoms with Crippen LogP contribution < -0.4 is 5.32 Å². The second-order valence-electron chi connectivity index (χ2n) is 6.81. The smallest absolute Gasteiger partial charge is 0.117 e. The summed E-state index contributed by atoms with van der Waals surface area (Å²) in [6.07, 6.45) is 1.99. The van der Waals surface area contributed by atoms with E-state index in [1.165, 1.54) is 12.8 Å². The molecule has 1 saturated heterocycles. The van der Waals surface area contributed by atoms with Gasteiger partial charge in [0.2, 0.25) is 0 Å². The molecule has 0 radical (unpaired) electrons. The number of piperidine rings is 1. The molecule has 2 N–H and O–H groups in total. The molecule has 24 heavy (non-hydrogen) atoms. The third-order valence-corrected chi connectivity index (χ3v) is 4.85. The van der Waals surface area contributed by atoms with Crippen LogP contribution in [0.1, 0.15) is 36.0 Å². The van der Waals surface area contributed by atoms with Crippen molar-refractivity contribution in [3.05, 3.63) is 59.5 Å². The number of β-amino-alcohol motifs (C(OH)–C–C–N with tert-alkyl or cyclic N) is 1.